The average Bonchev–Trinajstić information content (AvgIpc) is 2.72. The van der Waals surface area contributed by atoms with Crippen molar-refractivity contribution in [2.24, 2.45) is 0 Å². The number of hydrogen-bond donors (Lipinski definition) is 1. The Kier molecular flexibility index (Phi) is 3.39. The summed E-state index contributed by atoms with van der Waals surface area (Å²) in [6, 6.07) is 3.48. The number of carbonyl (C=O) groups excluding carboxylic acids is 1. The van der Waals surface area contributed by atoms with Gasteiger partial charge >= 0.3 is 0 Å². The largest absolute Gasteiger partial charge is 0.319 e. The molecule has 2 heterocycles. The molecule has 17 heavy (non-hydrogen) atoms. The Morgan fingerprint density at radius 2 is 2.41 bits per heavy atom. The first kappa shape index (κ1) is 11.6. The highest BCUT2D eigenvalue weighted by molar-refractivity contribution is 6.34. The van der Waals surface area contributed by atoms with Gasteiger partial charge in [0.15, 0.2) is 5.69 Å². The lowest BCUT2D eigenvalue weighted by atomic mass is 10.3. The van der Waals surface area contributed by atoms with E-state index in [1.54, 1.807) is 35.4 Å². The predicted molar refractivity (Wildman–Crippen MR) is 65.1 cm³/mol. The summed E-state index contributed by atoms with van der Waals surface area (Å²) in [5, 5.41) is 7.09. The van der Waals surface area contributed by atoms with Crippen molar-refractivity contribution < 1.29 is 4.79 Å². The third-order valence-electron chi connectivity index (χ3n) is 2.18. The Bertz CT molecular complexity index is 524. The second kappa shape index (κ2) is 4.97. The number of hydrogen-bond acceptors (Lipinski definition) is 3. The maximum atomic E-state index is 11.9. The van der Waals surface area contributed by atoms with Crippen LogP contribution >= 0.6 is 11.6 Å². The van der Waals surface area contributed by atoms with Crippen LogP contribution in [0.15, 0.2) is 30.7 Å². The van der Waals surface area contributed by atoms with E-state index < -0.39 is 0 Å². The molecule has 0 radical (unpaired) electrons. The lowest BCUT2D eigenvalue weighted by molar-refractivity contribution is 0.102. The van der Waals surface area contributed by atoms with E-state index >= 15 is 0 Å². The normalized spacial score (nSPS) is 10.2. The smallest absolute Gasteiger partial charge is 0.277 e. The summed E-state index contributed by atoms with van der Waals surface area (Å²) in [6.07, 6.45) is 4.82. The molecule has 0 aliphatic heterocycles. The van der Waals surface area contributed by atoms with Crippen LogP contribution in [0.1, 0.15) is 17.4 Å². The highest BCUT2D eigenvalue weighted by Gasteiger charge is 2.15. The van der Waals surface area contributed by atoms with Crippen LogP contribution in [-0.4, -0.2) is 20.7 Å². The number of nitrogens with zero attached hydrogens (tertiary/aromatic N) is 3. The Labute approximate surface area is 103 Å². The quantitative estimate of drug-likeness (QED) is 0.909. The zero-order valence-electron chi connectivity index (χ0n) is 9.22. The number of nitrogens with one attached hydrogen (secondary N) is 1. The van der Waals surface area contributed by atoms with Gasteiger partial charge in [0.2, 0.25) is 0 Å². The van der Waals surface area contributed by atoms with Crippen molar-refractivity contribution in [3.05, 3.63) is 41.4 Å². The molecule has 2 aromatic rings. The van der Waals surface area contributed by atoms with Gasteiger partial charge in [-0.05, 0) is 19.1 Å². The SMILES string of the molecule is CCn1cc(Cl)c(C(=O)Nc2cccnc2)n1. The molecule has 2 rings (SSSR count). The number of halogens is 1. The van der Waals surface area contributed by atoms with Gasteiger partial charge in [-0.15, -0.1) is 0 Å². The number of rotatable bonds is 3. The maximum Gasteiger partial charge on any atom is 0.277 e. The van der Waals surface area contributed by atoms with Gasteiger partial charge < -0.3 is 5.32 Å². The Hall–Kier alpha value is -1.88. The van der Waals surface area contributed by atoms with E-state index in [-0.39, 0.29) is 11.6 Å². The van der Waals surface area contributed by atoms with Gasteiger partial charge in [0.1, 0.15) is 0 Å². The van der Waals surface area contributed by atoms with Crippen molar-refractivity contribution in [1.82, 2.24) is 14.8 Å². The van der Waals surface area contributed by atoms with Crippen molar-refractivity contribution in [3.63, 3.8) is 0 Å². The molecule has 0 saturated carbocycles. The van der Waals surface area contributed by atoms with Crippen LogP contribution in [-0.2, 0) is 6.54 Å². The molecule has 0 saturated heterocycles. The average molecular weight is 251 g/mol. The molecule has 0 aromatic carbocycles. The van der Waals surface area contributed by atoms with Gasteiger partial charge in [-0.25, -0.2) is 0 Å². The second-order valence-electron chi connectivity index (χ2n) is 3.38. The van der Waals surface area contributed by atoms with Gasteiger partial charge in [-0.3, -0.25) is 14.5 Å². The minimum absolute atomic E-state index is 0.220. The number of aromatic nitrogens is 3. The zero-order valence-corrected chi connectivity index (χ0v) is 9.98. The van der Waals surface area contributed by atoms with E-state index in [4.69, 9.17) is 11.6 Å². The van der Waals surface area contributed by atoms with Gasteiger partial charge in [0.05, 0.1) is 16.9 Å². The summed E-state index contributed by atoms with van der Waals surface area (Å²) in [5.41, 5.74) is 0.831. The molecular weight excluding hydrogens is 240 g/mol. The van der Waals surface area contributed by atoms with Gasteiger partial charge in [-0.2, -0.15) is 5.10 Å². The Morgan fingerprint density at radius 3 is 3.00 bits per heavy atom. The minimum Gasteiger partial charge on any atom is -0.319 e. The minimum atomic E-state index is -0.338. The molecule has 0 aliphatic carbocycles. The van der Waals surface area contributed by atoms with E-state index in [0.717, 1.165) is 0 Å². The highest BCUT2D eigenvalue weighted by Crippen LogP contribution is 2.15. The summed E-state index contributed by atoms with van der Waals surface area (Å²) in [6.45, 7) is 2.59. The van der Waals surface area contributed by atoms with Crippen LogP contribution < -0.4 is 5.32 Å². The van der Waals surface area contributed by atoms with Gasteiger partial charge in [0.25, 0.3) is 5.91 Å². The van der Waals surface area contributed by atoms with Gasteiger partial charge in [-0.1, -0.05) is 11.6 Å². The molecule has 0 unspecified atom stereocenters. The van der Waals surface area contributed by atoms with Crippen molar-refractivity contribution in [2.45, 2.75) is 13.5 Å². The Balaban J connectivity index is 2.17. The first-order valence-corrected chi connectivity index (χ1v) is 5.53. The molecule has 5 nitrogen and oxygen atoms in total. The monoisotopic (exact) mass is 250 g/mol. The van der Waals surface area contributed by atoms with E-state index in [1.807, 2.05) is 6.92 Å². The zero-order chi connectivity index (χ0) is 12.3. The van der Waals surface area contributed by atoms with Crippen molar-refractivity contribution in [2.75, 3.05) is 5.32 Å². The Morgan fingerprint density at radius 1 is 1.59 bits per heavy atom. The molecule has 0 spiro atoms. The molecule has 1 N–H and O–H groups in total. The maximum absolute atomic E-state index is 11.9. The molecule has 88 valence electrons. The summed E-state index contributed by atoms with van der Waals surface area (Å²) in [7, 11) is 0. The highest BCUT2D eigenvalue weighted by atomic mass is 35.5. The fourth-order valence-corrected chi connectivity index (χ4v) is 1.58. The van der Waals surface area contributed by atoms with E-state index in [2.05, 4.69) is 15.4 Å². The first-order valence-electron chi connectivity index (χ1n) is 5.15. The van der Waals surface area contributed by atoms with E-state index in [0.29, 0.717) is 17.3 Å². The summed E-state index contributed by atoms with van der Waals surface area (Å²) >= 11 is 5.93. The lowest BCUT2D eigenvalue weighted by Gasteiger charge is -2.01. The fraction of sp³-hybridized carbons (Fsp3) is 0.182. The molecule has 2 aromatic heterocycles. The fourth-order valence-electron chi connectivity index (χ4n) is 1.34. The van der Waals surface area contributed by atoms with E-state index in [1.165, 1.54) is 0 Å². The summed E-state index contributed by atoms with van der Waals surface area (Å²) in [5.74, 6) is -0.338. The lowest BCUT2D eigenvalue weighted by Crippen LogP contribution is -2.13. The van der Waals surface area contributed by atoms with Crippen LogP contribution in [0.4, 0.5) is 5.69 Å². The standard InChI is InChI=1S/C11H11ClN4O/c1-2-16-7-9(12)10(15-16)11(17)14-8-4-3-5-13-6-8/h3-7H,2H2,1H3,(H,14,17). The van der Waals surface area contributed by atoms with Crippen molar-refractivity contribution >= 4 is 23.2 Å². The topological polar surface area (TPSA) is 59.8 Å². The molecule has 1 amide bonds. The molecule has 0 fully saturated rings. The predicted octanol–water partition coefficient (Wildman–Crippen LogP) is 2.20. The van der Waals surface area contributed by atoms with Crippen LogP contribution in [0.25, 0.3) is 0 Å². The number of carbonyl (C=O) groups is 1. The summed E-state index contributed by atoms with van der Waals surface area (Å²) in [4.78, 5) is 15.8. The first-order chi connectivity index (χ1) is 8.20. The molecule has 0 atom stereocenters. The van der Waals surface area contributed by atoms with Crippen molar-refractivity contribution in [1.29, 1.82) is 0 Å². The van der Waals surface area contributed by atoms with Crippen LogP contribution in [0, 0.1) is 0 Å². The molecule has 0 aliphatic rings. The van der Waals surface area contributed by atoms with Gasteiger partial charge in [0, 0.05) is 18.9 Å². The van der Waals surface area contributed by atoms with Crippen LogP contribution in [0.2, 0.25) is 5.02 Å². The molecule has 6 heteroatoms. The van der Waals surface area contributed by atoms with Crippen LogP contribution in [0.5, 0.6) is 0 Å². The van der Waals surface area contributed by atoms with Crippen molar-refractivity contribution in [3.8, 4) is 0 Å². The number of amides is 1. The molecular formula is C11H11ClN4O. The van der Waals surface area contributed by atoms with E-state index in [9.17, 15) is 4.79 Å². The number of aryl methyl sites for hydroxylation is 1. The van der Waals surface area contributed by atoms with Crippen LogP contribution in [0.3, 0.4) is 0 Å². The number of anilines is 1. The summed E-state index contributed by atoms with van der Waals surface area (Å²) < 4.78 is 1.61. The second-order valence-corrected chi connectivity index (χ2v) is 3.78. The number of pyridine rings is 1. The molecule has 0 bridgehead atoms. The third-order valence-corrected chi connectivity index (χ3v) is 2.45. The third kappa shape index (κ3) is 2.62.